The van der Waals surface area contributed by atoms with Crippen molar-refractivity contribution >= 4 is 5.91 Å². The van der Waals surface area contributed by atoms with Crippen molar-refractivity contribution in [3.8, 4) is 0 Å². The summed E-state index contributed by atoms with van der Waals surface area (Å²) in [5.74, 6) is 0.317. The average molecular weight is 391 g/mol. The number of unbranched alkanes of at least 4 members (excludes halogenated alkanes) is 9. The highest BCUT2D eigenvalue weighted by molar-refractivity contribution is 5.77. The first kappa shape index (κ1) is 25.7. The summed E-state index contributed by atoms with van der Waals surface area (Å²) in [5.41, 5.74) is 0. The van der Waals surface area contributed by atoms with E-state index in [9.17, 15) is 4.79 Å². The molecule has 0 radical (unpaired) electrons. The maximum Gasteiger partial charge on any atom is 0.226 e. The number of likely N-dealkylation sites (tertiary alicyclic amines) is 1. The summed E-state index contributed by atoms with van der Waals surface area (Å²) in [6.07, 6.45) is 15.4. The number of halogens is 1. The van der Waals surface area contributed by atoms with E-state index < -0.39 is 0 Å². The van der Waals surface area contributed by atoms with Gasteiger partial charge in [-0.05, 0) is 12.8 Å². The molecule has 1 fully saturated rings. The van der Waals surface area contributed by atoms with Crippen LogP contribution in [0.1, 0.15) is 84.0 Å². The van der Waals surface area contributed by atoms with Gasteiger partial charge in [0.15, 0.2) is 6.67 Å². The molecule has 0 aliphatic carbocycles. The zero-order valence-electron chi connectivity index (χ0n) is 17.6. The van der Waals surface area contributed by atoms with Crippen LogP contribution in [0.2, 0.25) is 0 Å². The zero-order chi connectivity index (χ0) is 18.4. The van der Waals surface area contributed by atoms with Crippen LogP contribution in [0.25, 0.3) is 0 Å². The largest absolute Gasteiger partial charge is 1.00 e. The highest BCUT2D eigenvalue weighted by Crippen LogP contribution is 2.13. The van der Waals surface area contributed by atoms with Crippen LogP contribution in [0.5, 0.6) is 0 Å². The predicted octanol–water partition coefficient (Wildman–Crippen LogP) is 1.58. The van der Waals surface area contributed by atoms with Crippen LogP contribution < -0.4 is 12.4 Å². The fourth-order valence-corrected chi connectivity index (χ4v) is 3.49. The predicted molar refractivity (Wildman–Crippen MR) is 105 cm³/mol. The third-order valence-corrected chi connectivity index (χ3v) is 5.21. The van der Waals surface area contributed by atoms with Crippen molar-refractivity contribution < 1.29 is 26.4 Å². The van der Waals surface area contributed by atoms with Gasteiger partial charge in [0.05, 0.1) is 20.7 Å². The number of hydrogen-bond acceptors (Lipinski definition) is 2. The molecule has 0 aromatic carbocycles. The lowest BCUT2D eigenvalue weighted by molar-refractivity contribution is -0.899. The summed E-state index contributed by atoms with van der Waals surface area (Å²) in [4.78, 5) is 13.7. The van der Waals surface area contributed by atoms with Crippen LogP contribution >= 0.6 is 0 Å². The number of hydrogen-bond donors (Lipinski definition) is 0. The summed E-state index contributed by atoms with van der Waals surface area (Å²) < 4.78 is 6.65. The van der Waals surface area contributed by atoms with Crippen molar-refractivity contribution in [2.45, 2.75) is 84.0 Å². The normalized spacial score (nSPS) is 14.7. The van der Waals surface area contributed by atoms with E-state index in [1.165, 1.54) is 64.2 Å². The van der Waals surface area contributed by atoms with Gasteiger partial charge in [-0.1, -0.05) is 64.7 Å². The Kier molecular flexibility index (Phi) is 15.5. The van der Waals surface area contributed by atoms with Crippen LogP contribution in [0.15, 0.2) is 0 Å². The highest BCUT2D eigenvalue weighted by Gasteiger charge is 2.27. The molecule has 0 atom stereocenters. The number of carbonyl (C=O) groups excluding carboxylic acids is 1. The molecule has 0 spiro atoms. The molecule has 1 aliphatic rings. The van der Waals surface area contributed by atoms with E-state index in [0.717, 1.165) is 50.3 Å². The Morgan fingerprint density at radius 2 is 1.50 bits per heavy atom. The van der Waals surface area contributed by atoms with Gasteiger partial charge < -0.3 is 21.6 Å². The first-order valence-corrected chi connectivity index (χ1v) is 10.7. The molecule has 4 nitrogen and oxygen atoms in total. The van der Waals surface area contributed by atoms with E-state index in [4.69, 9.17) is 4.74 Å². The first-order chi connectivity index (χ1) is 12.0. The molecule has 0 aromatic heterocycles. The van der Waals surface area contributed by atoms with Crippen molar-refractivity contribution in [1.29, 1.82) is 0 Å². The SMILES string of the molecule is CCCCCCCCCCCCOCC[N+](C)(C)CN1CCCC1=O.[Cl-]. The molecule has 156 valence electrons. The van der Waals surface area contributed by atoms with Crippen LogP contribution in [0.4, 0.5) is 0 Å². The Labute approximate surface area is 168 Å². The minimum atomic E-state index is 0. The molecular weight excluding hydrogens is 348 g/mol. The van der Waals surface area contributed by atoms with Crippen molar-refractivity contribution in [2.24, 2.45) is 0 Å². The van der Waals surface area contributed by atoms with Gasteiger partial charge in [0.1, 0.15) is 6.54 Å². The van der Waals surface area contributed by atoms with Crippen LogP contribution in [-0.2, 0) is 9.53 Å². The third kappa shape index (κ3) is 12.9. The molecule has 1 rings (SSSR count). The summed E-state index contributed by atoms with van der Waals surface area (Å²) in [6.45, 7) is 6.68. The monoisotopic (exact) mass is 390 g/mol. The summed E-state index contributed by atoms with van der Waals surface area (Å²) in [5, 5.41) is 0. The fourth-order valence-electron chi connectivity index (χ4n) is 3.49. The molecule has 1 saturated heterocycles. The molecule has 0 aromatic rings. The van der Waals surface area contributed by atoms with E-state index in [0.29, 0.717) is 5.91 Å². The molecule has 1 amide bonds. The van der Waals surface area contributed by atoms with Gasteiger partial charge in [-0.15, -0.1) is 0 Å². The topological polar surface area (TPSA) is 29.5 Å². The summed E-state index contributed by atoms with van der Waals surface area (Å²) >= 11 is 0. The van der Waals surface area contributed by atoms with Gasteiger partial charge in [0.2, 0.25) is 5.91 Å². The first-order valence-electron chi connectivity index (χ1n) is 10.7. The Hall–Kier alpha value is -0.320. The number of quaternary nitrogens is 1. The molecule has 1 aliphatic heterocycles. The molecule has 0 unspecified atom stereocenters. The van der Waals surface area contributed by atoms with Gasteiger partial charge >= 0.3 is 0 Å². The third-order valence-electron chi connectivity index (χ3n) is 5.21. The van der Waals surface area contributed by atoms with Crippen molar-refractivity contribution in [1.82, 2.24) is 4.90 Å². The Morgan fingerprint density at radius 3 is 2.04 bits per heavy atom. The van der Waals surface area contributed by atoms with Gasteiger partial charge in [0, 0.05) is 19.6 Å². The van der Waals surface area contributed by atoms with Gasteiger partial charge in [-0.25, -0.2) is 0 Å². The van der Waals surface area contributed by atoms with Crippen LogP contribution in [0, 0.1) is 0 Å². The number of ether oxygens (including phenoxy) is 1. The maximum atomic E-state index is 11.7. The minimum Gasteiger partial charge on any atom is -1.00 e. The maximum absolute atomic E-state index is 11.7. The number of amides is 1. The average Bonchev–Trinajstić information content (AvgIpc) is 2.96. The Bertz CT molecular complexity index is 351. The van der Waals surface area contributed by atoms with Gasteiger partial charge in [0.25, 0.3) is 0 Å². The van der Waals surface area contributed by atoms with Crippen molar-refractivity contribution in [2.75, 3.05) is 47.1 Å². The van der Waals surface area contributed by atoms with Crippen LogP contribution in [0.3, 0.4) is 0 Å². The van der Waals surface area contributed by atoms with Crippen molar-refractivity contribution in [3.63, 3.8) is 0 Å². The molecular formula is C21H43ClN2O2. The number of nitrogens with zero attached hydrogens (tertiary/aromatic N) is 2. The second-order valence-electron chi connectivity index (χ2n) is 8.36. The lowest BCUT2D eigenvalue weighted by atomic mass is 10.1. The highest BCUT2D eigenvalue weighted by atomic mass is 35.5. The van der Waals surface area contributed by atoms with Crippen molar-refractivity contribution in [3.05, 3.63) is 0 Å². The minimum absolute atomic E-state index is 0. The van der Waals surface area contributed by atoms with Crippen LogP contribution in [-0.4, -0.2) is 62.4 Å². The quantitative estimate of drug-likeness (QED) is 0.296. The molecule has 0 N–H and O–H groups in total. The molecule has 1 heterocycles. The second-order valence-corrected chi connectivity index (χ2v) is 8.36. The lowest BCUT2D eigenvalue weighted by Crippen LogP contribution is -3.00. The lowest BCUT2D eigenvalue weighted by Gasteiger charge is -2.33. The number of likely N-dealkylation sites (N-methyl/N-ethyl adjacent to an activating group) is 1. The number of carbonyl (C=O) groups is 1. The Morgan fingerprint density at radius 1 is 0.923 bits per heavy atom. The number of rotatable bonds is 16. The van der Waals surface area contributed by atoms with E-state index in [1.54, 1.807) is 0 Å². The van der Waals surface area contributed by atoms with E-state index in [2.05, 4.69) is 21.0 Å². The standard InChI is InChI=1S/C21H43N2O2.ClH/c1-4-5-6-7-8-9-10-11-12-13-18-25-19-17-23(2,3)20-22-16-14-15-21(22)24;/h4-20H2,1-3H3;1H/q+1;/p-1. The van der Waals surface area contributed by atoms with Gasteiger partial charge in [-0.2, -0.15) is 0 Å². The van der Waals surface area contributed by atoms with E-state index in [1.807, 2.05) is 4.90 Å². The molecule has 0 saturated carbocycles. The molecule has 5 heteroatoms. The van der Waals surface area contributed by atoms with Gasteiger partial charge in [-0.3, -0.25) is 9.69 Å². The summed E-state index contributed by atoms with van der Waals surface area (Å²) in [6, 6.07) is 0. The fraction of sp³-hybridized carbons (Fsp3) is 0.952. The molecule has 0 bridgehead atoms. The summed E-state index contributed by atoms with van der Waals surface area (Å²) in [7, 11) is 4.38. The zero-order valence-corrected chi connectivity index (χ0v) is 18.4. The Balaban J connectivity index is 0.00000625. The second kappa shape index (κ2) is 15.7. The molecule has 26 heavy (non-hydrogen) atoms. The van der Waals surface area contributed by atoms with E-state index >= 15 is 0 Å². The smallest absolute Gasteiger partial charge is 0.226 e. The van der Waals surface area contributed by atoms with E-state index in [-0.39, 0.29) is 12.4 Å².